The minimum absolute atomic E-state index is 0.0608. The zero-order chi connectivity index (χ0) is 15.2. The summed E-state index contributed by atoms with van der Waals surface area (Å²) in [4.78, 5) is 1.71. The predicted molar refractivity (Wildman–Crippen MR) is 78.1 cm³/mol. The molecule has 0 amide bonds. The molecule has 0 bridgehead atoms. The zero-order valence-electron chi connectivity index (χ0n) is 13.0. The van der Waals surface area contributed by atoms with E-state index in [-0.39, 0.29) is 18.6 Å². The highest BCUT2D eigenvalue weighted by Gasteiger charge is 2.39. The van der Waals surface area contributed by atoms with E-state index in [2.05, 4.69) is 26.1 Å². The number of nitrogens with zero attached hydrogens (tertiary/aromatic N) is 1. The van der Waals surface area contributed by atoms with Crippen molar-refractivity contribution in [2.75, 3.05) is 32.8 Å². The molecule has 0 aromatic heterocycles. The number of halogens is 2. The standard InChI is InChI=1S/C15H30F2N2O/c1-4-18-14-12(6-5-7-15(14,2)3)10-19(8-9-20)11-13(16)17/h12-14,18,20H,4-11H2,1-3H3. The first-order valence-corrected chi connectivity index (χ1v) is 7.75. The number of hydrogen-bond acceptors (Lipinski definition) is 3. The van der Waals surface area contributed by atoms with Crippen LogP contribution in [-0.4, -0.2) is 55.3 Å². The first-order chi connectivity index (χ1) is 9.40. The predicted octanol–water partition coefficient (Wildman–Crippen LogP) is 2.35. The number of alkyl halides is 2. The third kappa shape index (κ3) is 5.26. The van der Waals surface area contributed by atoms with Crippen molar-refractivity contribution in [2.24, 2.45) is 11.3 Å². The van der Waals surface area contributed by atoms with E-state index < -0.39 is 6.43 Å². The highest BCUT2D eigenvalue weighted by molar-refractivity contribution is 4.94. The fraction of sp³-hybridized carbons (Fsp3) is 1.00. The van der Waals surface area contributed by atoms with Gasteiger partial charge < -0.3 is 10.4 Å². The topological polar surface area (TPSA) is 35.5 Å². The number of aliphatic hydroxyl groups is 1. The fourth-order valence-corrected chi connectivity index (χ4v) is 3.57. The molecule has 2 unspecified atom stereocenters. The van der Waals surface area contributed by atoms with E-state index in [1.165, 1.54) is 6.42 Å². The Morgan fingerprint density at radius 3 is 2.65 bits per heavy atom. The Kier molecular flexibility index (Phi) is 7.34. The van der Waals surface area contributed by atoms with Crippen LogP contribution in [0.3, 0.4) is 0 Å². The van der Waals surface area contributed by atoms with E-state index in [1.54, 1.807) is 4.90 Å². The molecule has 0 radical (unpaired) electrons. The first kappa shape index (κ1) is 17.8. The Hall–Kier alpha value is -0.260. The molecule has 0 aliphatic heterocycles. The van der Waals surface area contributed by atoms with E-state index in [4.69, 9.17) is 5.11 Å². The van der Waals surface area contributed by atoms with E-state index in [0.717, 1.165) is 19.4 Å². The number of rotatable bonds is 8. The second-order valence-corrected chi connectivity index (χ2v) is 6.55. The van der Waals surface area contributed by atoms with Gasteiger partial charge in [0.05, 0.1) is 13.2 Å². The van der Waals surface area contributed by atoms with Gasteiger partial charge in [0, 0.05) is 19.1 Å². The molecule has 1 rings (SSSR count). The van der Waals surface area contributed by atoms with Gasteiger partial charge in [-0.1, -0.05) is 27.2 Å². The monoisotopic (exact) mass is 292 g/mol. The SMILES string of the molecule is CCNC1C(CN(CCO)CC(F)F)CCCC1(C)C. The summed E-state index contributed by atoms with van der Waals surface area (Å²) < 4.78 is 25.2. The van der Waals surface area contributed by atoms with Gasteiger partial charge in [-0.2, -0.15) is 0 Å². The average molecular weight is 292 g/mol. The van der Waals surface area contributed by atoms with Crippen LogP contribution in [0.15, 0.2) is 0 Å². The molecule has 1 aliphatic rings. The van der Waals surface area contributed by atoms with E-state index in [0.29, 0.717) is 25.0 Å². The Labute approximate surface area is 121 Å². The van der Waals surface area contributed by atoms with Crippen LogP contribution >= 0.6 is 0 Å². The molecule has 0 aromatic carbocycles. The maximum absolute atomic E-state index is 12.6. The van der Waals surface area contributed by atoms with Crippen molar-refractivity contribution in [3.8, 4) is 0 Å². The molecular weight excluding hydrogens is 262 g/mol. The maximum atomic E-state index is 12.6. The number of aliphatic hydroxyl groups excluding tert-OH is 1. The van der Waals surface area contributed by atoms with Gasteiger partial charge in [-0.15, -0.1) is 0 Å². The lowest BCUT2D eigenvalue weighted by Crippen LogP contribution is -2.53. The number of hydrogen-bond donors (Lipinski definition) is 2. The molecule has 20 heavy (non-hydrogen) atoms. The van der Waals surface area contributed by atoms with Crippen LogP contribution in [0.4, 0.5) is 8.78 Å². The molecule has 0 saturated heterocycles. The van der Waals surface area contributed by atoms with Crippen LogP contribution in [0, 0.1) is 11.3 Å². The minimum Gasteiger partial charge on any atom is -0.395 e. The van der Waals surface area contributed by atoms with Crippen LogP contribution in [-0.2, 0) is 0 Å². The average Bonchev–Trinajstić information content (AvgIpc) is 2.32. The Balaban J connectivity index is 2.69. The lowest BCUT2D eigenvalue weighted by Gasteiger charge is -2.46. The summed E-state index contributed by atoms with van der Waals surface area (Å²) in [5.74, 6) is 0.379. The Morgan fingerprint density at radius 1 is 1.40 bits per heavy atom. The van der Waals surface area contributed by atoms with Gasteiger partial charge in [0.25, 0.3) is 6.43 Å². The van der Waals surface area contributed by atoms with Crippen molar-refractivity contribution >= 4 is 0 Å². The smallest absolute Gasteiger partial charge is 0.251 e. The van der Waals surface area contributed by atoms with Crippen LogP contribution < -0.4 is 5.32 Å². The summed E-state index contributed by atoms with van der Waals surface area (Å²) in [7, 11) is 0. The van der Waals surface area contributed by atoms with Gasteiger partial charge in [-0.3, -0.25) is 4.90 Å². The summed E-state index contributed by atoms with van der Waals surface area (Å²) in [6.07, 6.45) is 1.07. The summed E-state index contributed by atoms with van der Waals surface area (Å²) in [5, 5.41) is 12.6. The molecule has 2 N–H and O–H groups in total. The van der Waals surface area contributed by atoms with Crippen molar-refractivity contribution in [2.45, 2.75) is 52.5 Å². The normalized spacial score (nSPS) is 26.4. The van der Waals surface area contributed by atoms with Crippen molar-refractivity contribution in [3.63, 3.8) is 0 Å². The quantitative estimate of drug-likeness (QED) is 0.721. The van der Waals surface area contributed by atoms with Gasteiger partial charge in [0.15, 0.2) is 0 Å². The molecule has 5 heteroatoms. The highest BCUT2D eigenvalue weighted by atomic mass is 19.3. The molecular formula is C15H30F2N2O. The zero-order valence-corrected chi connectivity index (χ0v) is 13.0. The lowest BCUT2D eigenvalue weighted by molar-refractivity contribution is 0.0396. The van der Waals surface area contributed by atoms with E-state index in [9.17, 15) is 8.78 Å². The minimum atomic E-state index is -2.34. The van der Waals surface area contributed by atoms with Crippen molar-refractivity contribution in [3.05, 3.63) is 0 Å². The van der Waals surface area contributed by atoms with E-state index in [1.807, 2.05) is 0 Å². The summed E-state index contributed by atoms with van der Waals surface area (Å²) in [6, 6.07) is 0.361. The second kappa shape index (κ2) is 8.25. The third-order valence-electron chi connectivity index (χ3n) is 4.44. The van der Waals surface area contributed by atoms with E-state index >= 15 is 0 Å². The summed E-state index contributed by atoms with van der Waals surface area (Å²) in [6.45, 7) is 8.19. The third-order valence-corrected chi connectivity index (χ3v) is 4.44. The van der Waals surface area contributed by atoms with Gasteiger partial charge in [0.1, 0.15) is 0 Å². The van der Waals surface area contributed by atoms with Gasteiger partial charge >= 0.3 is 0 Å². The molecule has 3 nitrogen and oxygen atoms in total. The molecule has 1 aliphatic carbocycles. The van der Waals surface area contributed by atoms with Crippen molar-refractivity contribution in [1.82, 2.24) is 10.2 Å². The fourth-order valence-electron chi connectivity index (χ4n) is 3.57. The second-order valence-electron chi connectivity index (χ2n) is 6.55. The first-order valence-electron chi connectivity index (χ1n) is 7.75. The Bertz CT molecular complexity index is 275. The lowest BCUT2D eigenvalue weighted by atomic mass is 9.67. The van der Waals surface area contributed by atoms with Crippen LogP contribution in [0.2, 0.25) is 0 Å². The largest absolute Gasteiger partial charge is 0.395 e. The van der Waals surface area contributed by atoms with Crippen molar-refractivity contribution in [1.29, 1.82) is 0 Å². The van der Waals surface area contributed by atoms with Gasteiger partial charge in [-0.25, -0.2) is 8.78 Å². The van der Waals surface area contributed by atoms with Gasteiger partial charge in [-0.05, 0) is 30.7 Å². The van der Waals surface area contributed by atoms with Crippen LogP contribution in [0.5, 0.6) is 0 Å². The maximum Gasteiger partial charge on any atom is 0.251 e. The molecule has 0 aromatic rings. The summed E-state index contributed by atoms with van der Waals surface area (Å²) in [5.41, 5.74) is 0.203. The molecule has 1 saturated carbocycles. The Morgan fingerprint density at radius 2 is 2.10 bits per heavy atom. The number of nitrogens with one attached hydrogen (secondary N) is 1. The molecule has 2 atom stereocenters. The molecule has 0 heterocycles. The summed E-state index contributed by atoms with van der Waals surface area (Å²) >= 11 is 0. The highest BCUT2D eigenvalue weighted by Crippen LogP contribution is 2.39. The molecule has 0 spiro atoms. The van der Waals surface area contributed by atoms with Crippen LogP contribution in [0.1, 0.15) is 40.0 Å². The van der Waals surface area contributed by atoms with Gasteiger partial charge in [0.2, 0.25) is 0 Å². The molecule has 1 fully saturated rings. The van der Waals surface area contributed by atoms with Crippen LogP contribution in [0.25, 0.3) is 0 Å². The van der Waals surface area contributed by atoms with Crippen molar-refractivity contribution < 1.29 is 13.9 Å². The molecule has 120 valence electrons.